The highest BCUT2D eigenvalue weighted by atomic mass is 32.2. The summed E-state index contributed by atoms with van der Waals surface area (Å²) in [5.74, 6) is -2.60. The van der Waals surface area contributed by atoms with E-state index in [-0.39, 0.29) is 24.8 Å². The largest absolute Gasteiger partial charge is 0.380 e. The molecule has 5 nitrogen and oxygen atoms in total. The van der Waals surface area contributed by atoms with Crippen molar-refractivity contribution in [3.8, 4) is 0 Å². The van der Waals surface area contributed by atoms with Gasteiger partial charge in [-0.3, -0.25) is 0 Å². The Morgan fingerprint density at radius 1 is 1.45 bits per heavy atom. The number of hydrogen-bond donors (Lipinski definition) is 1. The van der Waals surface area contributed by atoms with Gasteiger partial charge in [-0.2, -0.15) is 4.31 Å². The second-order valence-corrected chi connectivity index (χ2v) is 6.60. The van der Waals surface area contributed by atoms with Crippen LogP contribution in [0.15, 0.2) is 17.0 Å². The highest BCUT2D eigenvalue weighted by Crippen LogP contribution is 2.25. The summed E-state index contributed by atoms with van der Waals surface area (Å²) < 4.78 is 58.2. The lowest BCUT2D eigenvalue weighted by Crippen LogP contribution is -2.37. The molecule has 1 aliphatic rings. The van der Waals surface area contributed by atoms with Gasteiger partial charge in [0.2, 0.25) is 10.0 Å². The van der Waals surface area contributed by atoms with Gasteiger partial charge in [-0.1, -0.05) is 0 Å². The second kappa shape index (κ2) is 5.72. The van der Waals surface area contributed by atoms with Crippen LogP contribution in [0.25, 0.3) is 0 Å². The van der Waals surface area contributed by atoms with Crippen molar-refractivity contribution in [2.75, 3.05) is 20.3 Å². The smallest absolute Gasteiger partial charge is 0.246 e. The van der Waals surface area contributed by atoms with E-state index in [0.717, 1.165) is 16.4 Å². The molecule has 2 rings (SSSR count). The molecule has 20 heavy (non-hydrogen) atoms. The zero-order valence-electron chi connectivity index (χ0n) is 11.0. The number of rotatable bonds is 4. The quantitative estimate of drug-likeness (QED) is 0.894. The zero-order valence-corrected chi connectivity index (χ0v) is 11.8. The number of benzene rings is 1. The molecule has 1 aromatic rings. The molecule has 8 heteroatoms. The fourth-order valence-electron chi connectivity index (χ4n) is 2.08. The first kappa shape index (κ1) is 15.3. The van der Waals surface area contributed by atoms with Gasteiger partial charge in [0, 0.05) is 20.2 Å². The number of halogens is 2. The van der Waals surface area contributed by atoms with Crippen molar-refractivity contribution in [2.24, 2.45) is 5.73 Å². The Morgan fingerprint density at radius 2 is 2.15 bits per heavy atom. The summed E-state index contributed by atoms with van der Waals surface area (Å²) in [5, 5.41) is 0. The standard InChI is InChI=1S/C12H16F2N2O3S/c1-16(9-2-3-19-7-9)20(17,18)11-5-8(6-15)4-10(13)12(11)14/h4-5,9H,2-3,6-7,15H2,1H3. The summed E-state index contributed by atoms with van der Waals surface area (Å²) in [6, 6.07) is 1.59. The molecule has 0 radical (unpaired) electrons. The van der Waals surface area contributed by atoms with Crippen molar-refractivity contribution in [2.45, 2.75) is 23.9 Å². The van der Waals surface area contributed by atoms with Gasteiger partial charge in [0.05, 0.1) is 12.6 Å². The molecule has 1 aliphatic heterocycles. The lowest BCUT2D eigenvalue weighted by atomic mass is 10.2. The van der Waals surface area contributed by atoms with E-state index in [1.807, 2.05) is 0 Å². The van der Waals surface area contributed by atoms with Crippen molar-refractivity contribution in [1.82, 2.24) is 4.31 Å². The van der Waals surface area contributed by atoms with Gasteiger partial charge in [-0.05, 0) is 24.1 Å². The molecule has 0 amide bonds. The van der Waals surface area contributed by atoms with Gasteiger partial charge in [0.25, 0.3) is 0 Å². The van der Waals surface area contributed by atoms with Crippen LogP contribution in [0.5, 0.6) is 0 Å². The number of nitrogens with two attached hydrogens (primary N) is 1. The lowest BCUT2D eigenvalue weighted by molar-refractivity contribution is 0.180. The molecular formula is C12H16F2N2O3S. The number of hydrogen-bond acceptors (Lipinski definition) is 4. The van der Waals surface area contributed by atoms with Crippen LogP contribution in [0.2, 0.25) is 0 Å². The Balaban J connectivity index is 2.45. The summed E-state index contributed by atoms with van der Waals surface area (Å²) in [6.07, 6.45) is 0.524. The maximum absolute atomic E-state index is 13.8. The molecule has 0 aromatic heterocycles. The van der Waals surface area contributed by atoms with Crippen LogP contribution in [-0.2, 0) is 21.3 Å². The predicted molar refractivity (Wildman–Crippen MR) is 68.4 cm³/mol. The van der Waals surface area contributed by atoms with Crippen LogP contribution in [-0.4, -0.2) is 39.0 Å². The third-order valence-corrected chi connectivity index (χ3v) is 5.28. The van der Waals surface area contributed by atoms with Crippen LogP contribution < -0.4 is 5.73 Å². The maximum Gasteiger partial charge on any atom is 0.246 e. The summed E-state index contributed by atoms with van der Waals surface area (Å²) in [5.41, 5.74) is 5.58. The lowest BCUT2D eigenvalue weighted by Gasteiger charge is -2.23. The van der Waals surface area contributed by atoms with E-state index in [2.05, 4.69) is 0 Å². The average molecular weight is 306 g/mol. The molecule has 112 valence electrons. The minimum absolute atomic E-state index is 0.0734. The molecule has 1 atom stereocenters. The molecule has 0 bridgehead atoms. The molecule has 2 N–H and O–H groups in total. The summed E-state index contributed by atoms with van der Waals surface area (Å²) in [7, 11) is -2.79. The molecule has 0 saturated carbocycles. The van der Waals surface area contributed by atoms with Crippen molar-refractivity contribution >= 4 is 10.0 Å². The molecule has 1 saturated heterocycles. The van der Waals surface area contributed by atoms with Gasteiger partial charge in [0.15, 0.2) is 11.6 Å². The Labute approximate surface area is 116 Å². The van der Waals surface area contributed by atoms with E-state index in [9.17, 15) is 17.2 Å². The SMILES string of the molecule is CN(C1CCOC1)S(=O)(=O)c1cc(CN)cc(F)c1F. The zero-order chi connectivity index (χ0) is 14.9. The van der Waals surface area contributed by atoms with E-state index in [4.69, 9.17) is 10.5 Å². The predicted octanol–water partition coefficient (Wildman–Crippen LogP) is 0.833. The van der Waals surface area contributed by atoms with E-state index in [0.29, 0.717) is 13.0 Å². The highest BCUT2D eigenvalue weighted by Gasteiger charge is 2.33. The molecular weight excluding hydrogens is 290 g/mol. The first-order chi connectivity index (χ1) is 9.37. The number of sulfonamides is 1. The number of ether oxygens (including phenoxy) is 1. The first-order valence-electron chi connectivity index (χ1n) is 6.11. The fourth-order valence-corrected chi connectivity index (χ4v) is 3.58. The summed E-state index contributed by atoms with van der Waals surface area (Å²) in [6.45, 7) is 0.622. The van der Waals surface area contributed by atoms with Crippen LogP contribution >= 0.6 is 0 Å². The van der Waals surface area contributed by atoms with Gasteiger partial charge in [-0.25, -0.2) is 17.2 Å². The third-order valence-electron chi connectivity index (χ3n) is 3.37. The highest BCUT2D eigenvalue weighted by molar-refractivity contribution is 7.89. The van der Waals surface area contributed by atoms with Crippen molar-refractivity contribution < 1.29 is 21.9 Å². The van der Waals surface area contributed by atoms with Crippen molar-refractivity contribution in [3.05, 3.63) is 29.3 Å². The van der Waals surface area contributed by atoms with Gasteiger partial charge < -0.3 is 10.5 Å². The Kier molecular flexibility index (Phi) is 4.38. The van der Waals surface area contributed by atoms with Gasteiger partial charge in [0.1, 0.15) is 4.90 Å². The summed E-state index contributed by atoms with van der Waals surface area (Å²) in [4.78, 5) is -0.688. The van der Waals surface area contributed by atoms with Crippen molar-refractivity contribution in [3.63, 3.8) is 0 Å². The van der Waals surface area contributed by atoms with Crippen LogP contribution in [0.1, 0.15) is 12.0 Å². The minimum atomic E-state index is -4.13. The van der Waals surface area contributed by atoms with Crippen LogP contribution in [0.3, 0.4) is 0 Å². The van der Waals surface area contributed by atoms with E-state index in [1.165, 1.54) is 7.05 Å². The van der Waals surface area contributed by atoms with Gasteiger partial charge in [-0.15, -0.1) is 0 Å². The van der Waals surface area contributed by atoms with Crippen molar-refractivity contribution in [1.29, 1.82) is 0 Å². The topological polar surface area (TPSA) is 72.6 Å². The second-order valence-electron chi connectivity index (χ2n) is 4.63. The van der Waals surface area contributed by atoms with E-state index < -0.39 is 26.6 Å². The van der Waals surface area contributed by atoms with Crippen LogP contribution in [0.4, 0.5) is 8.78 Å². The Bertz CT molecular complexity index is 601. The molecule has 0 spiro atoms. The van der Waals surface area contributed by atoms with Crippen LogP contribution in [0, 0.1) is 11.6 Å². The number of nitrogens with zero attached hydrogens (tertiary/aromatic N) is 1. The molecule has 1 heterocycles. The molecule has 0 aliphatic carbocycles. The maximum atomic E-state index is 13.8. The van der Waals surface area contributed by atoms with Gasteiger partial charge >= 0.3 is 0 Å². The summed E-state index contributed by atoms with van der Waals surface area (Å²) >= 11 is 0. The normalized spacial score (nSPS) is 19.8. The minimum Gasteiger partial charge on any atom is -0.380 e. The Morgan fingerprint density at radius 3 is 2.70 bits per heavy atom. The van der Waals surface area contributed by atoms with E-state index >= 15 is 0 Å². The Hall–Kier alpha value is -1.09. The molecule has 1 aromatic carbocycles. The molecule has 1 fully saturated rings. The fraction of sp³-hybridized carbons (Fsp3) is 0.500. The third kappa shape index (κ3) is 2.69. The number of likely N-dealkylation sites (N-methyl/N-ethyl adjacent to an activating group) is 1. The monoisotopic (exact) mass is 306 g/mol. The van der Waals surface area contributed by atoms with E-state index in [1.54, 1.807) is 0 Å². The first-order valence-corrected chi connectivity index (χ1v) is 7.55. The molecule has 1 unspecified atom stereocenters. The average Bonchev–Trinajstić information content (AvgIpc) is 2.94.